The Bertz CT molecular complexity index is 1070. The summed E-state index contributed by atoms with van der Waals surface area (Å²) in [5.41, 5.74) is -3.71. The summed E-state index contributed by atoms with van der Waals surface area (Å²) in [6.45, 7) is 1.33. The van der Waals surface area contributed by atoms with Crippen molar-refractivity contribution >= 4 is 34.3 Å². The summed E-state index contributed by atoms with van der Waals surface area (Å²) in [5.74, 6) is 1.55. The number of halogens is 3. The van der Waals surface area contributed by atoms with Gasteiger partial charge < -0.3 is 20.1 Å². The second-order valence-electron chi connectivity index (χ2n) is 8.91. The van der Waals surface area contributed by atoms with Crippen molar-refractivity contribution in [1.82, 2.24) is 9.97 Å². The second-order valence-corrected chi connectivity index (χ2v) is 11.4. The largest absolute Gasteiger partial charge is 0.463 e. The quantitative estimate of drug-likeness (QED) is 0.553. The normalized spacial score (nSPS) is 22.1. The van der Waals surface area contributed by atoms with Crippen LogP contribution < -0.4 is 15.0 Å². The van der Waals surface area contributed by atoms with Gasteiger partial charge in [-0.3, -0.25) is 4.21 Å². The van der Waals surface area contributed by atoms with E-state index >= 15 is 0 Å². The first-order valence-electron chi connectivity index (χ1n) is 11.2. The Balaban J connectivity index is 1.29. The highest BCUT2D eigenvalue weighted by Gasteiger charge is 2.39. The molecule has 0 radical (unpaired) electrons. The van der Waals surface area contributed by atoms with Crippen LogP contribution in [0.25, 0.3) is 0 Å². The van der Waals surface area contributed by atoms with Gasteiger partial charge in [-0.1, -0.05) is 12.1 Å². The molecule has 3 aliphatic rings. The molecule has 1 aromatic heterocycles. The highest BCUT2D eigenvalue weighted by molar-refractivity contribution is 8.00. The van der Waals surface area contributed by atoms with Crippen LogP contribution in [-0.2, 0) is 10.8 Å². The molecule has 12 heteroatoms. The van der Waals surface area contributed by atoms with E-state index in [1.807, 2.05) is 4.90 Å². The number of fused-ring (bicyclic) bond motifs is 1. The molecule has 2 fully saturated rings. The van der Waals surface area contributed by atoms with E-state index in [0.717, 1.165) is 37.7 Å². The number of anilines is 2. The topological polar surface area (TPSA) is 87.6 Å². The number of nitrogens with zero attached hydrogens (tertiary/aromatic N) is 3. The average Bonchev–Trinajstić information content (AvgIpc) is 3.17. The SMILES string of the molecule is O=[S@]1COc2nc(N3CCC(c4ccc(SC(F)(F)F)cc4)CC3)nc(NC3(CO)CCC3)c21. The molecule has 1 saturated carbocycles. The molecule has 1 atom stereocenters. The van der Waals surface area contributed by atoms with E-state index in [0.29, 0.717) is 35.6 Å². The zero-order chi connectivity index (χ0) is 23.9. The number of hydrogen-bond donors (Lipinski definition) is 2. The number of thioether (sulfide) groups is 1. The standard InChI is InChI=1S/C22H25F3N4O3S2/c23-22(24,25)33-16-4-2-14(3-5-16)15-6-10-29(11-7-15)20-26-18(28-21(12-30)8-1-9-21)17-19(27-20)32-13-34(17)31/h2-5,15,30H,1,6-13H2,(H,26,27,28)/t34-/m0/s1. The summed E-state index contributed by atoms with van der Waals surface area (Å²) >= 11 is -0.104. The summed E-state index contributed by atoms with van der Waals surface area (Å²) in [7, 11) is -1.36. The highest BCUT2D eigenvalue weighted by Crippen LogP contribution is 2.41. The van der Waals surface area contributed by atoms with Gasteiger partial charge in [0.25, 0.3) is 0 Å². The van der Waals surface area contributed by atoms with Crippen molar-refractivity contribution in [1.29, 1.82) is 0 Å². The van der Waals surface area contributed by atoms with E-state index in [1.54, 1.807) is 12.1 Å². The molecule has 0 bridgehead atoms. The molecule has 1 aliphatic carbocycles. The van der Waals surface area contributed by atoms with E-state index in [-0.39, 0.29) is 35.1 Å². The smallest absolute Gasteiger partial charge is 0.446 e. The molecule has 34 heavy (non-hydrogen) atoms. The van der Waals surface area contributed by atoms with Gasteiger partial charge in [-0.25, -0.2) is 0 Å². The number of nitrogens with one attached hydrogen (secondary N) is 1. The number of benzene rings is 1. The molecular weight excluding hydrogens is 489 g/mol. The lowest BCUT2D eigenvalue weighted by Gasteiger charge is -2.41. The maximum Gasteiger partial charge on any atom is 0.446 e. The predicted octanol–water partition coefficient (Wildman–Crippen LogP) is 4.26. The van der Waals surface area contributed by atoms with Crippen LogP contribution in [0.4, 0.5) is 24.9 Å². The van der Waals surface area contributed by atoms with Crippen LogP contribution in [0, 0.1) is 0 Å². The van der Waals surface area contributed by atoms with E-state index in [2.05, 4.69) is 15.3 Å². The Morgan fingerprint density at radius 1 is 1.21 bits per heavy atom. The van der Waals surface area contributed by atoms with Crippen LogP contribution in [0.1, 0.15) is 43.6 Å². The van der Waals surface area contributed by atoms with E-state index < -0.39 is 21.8 Å². The Kier molecular flexibility index (Phi) is 6.40. The van der Waals surface area contributed by atoms with Crippen molar-refractivity contribution in [3.05, 3.63) is 29.8 Å². The monoisotopic (exact) mass is 514 g/mol. The lowest BCUT2D eigenvalue weighted by molar-refractivity contribution is -0.0328. The third kappa shape index (κ3) is 4.85. The van der Waals surface area contributed by atoms with Crippen LogP contribution in [0.5, 0.6) is 5.88 Å². The summed E-state index contributed by atoms with van der Waals surface area (Å²) in [5, 5.41) is 13.2. The number of piperidine rings is 1. The molecular formula is C22H25F3N4O3S2. The number of rotatable bonds is 6. The average molecular weight is 515 g/mol. The predicted molar refractivity (Wildman–Crippen MR) is 124 cm³/mol. The van der Waals surface area contributed by atoms with Crippen LogP contribution >= 0.6 is 11.8 Å². The van der Waals surface area contributed by atoms with Crippen LogP contribution in [0.2, 0.25) is 0 Å². The van der Waals surface area contributed by atoms with Gasteiger partial charge in [-0.15, -0.1) is 0 Å². The van der Waals surface area contributed by atoms with Crippen molar-refractivity contribution in [2.75, 3.05) is 35.9 Å². The maximum atomic E-state index is 12.6. The van der Waals surface area contributed by atoms with Crippen LogP contribution in [0.3, 0.4) is 0 Å². The molecule has 2 aromatic rings. The third-order valence-corrected chi connectivity index (χ3v) is 8.61. The van der Waals surface area contributed by atoms with Crippen molar-refractivity contribution in [2.24, 2.45) is 0 Å². The van der Waals surface area contributed by atoms with E-state index in [9.17, 15) is 22.5 Å². The van der Waals surface area contributed by atoms with Gasteiger partial charge in [-0.05, 0) is 67.5 Å². The molecule has 0 amide bonds. The molecule has 2 aliphatic heterocycles. The molecule has 184 valence electrons. The Morgan fingerprint density at radius 2 is 1.91 bits per heavy atom. The lowest BCUT2D eigenvalue weighted by atomic mass is 9.77. The summed E-state index contributed by atoms with van der Waals surface area (Å²) < 4.78 is 55.8. The molecule has 3 heterocycles. The minimum Gasteiger partial charge on any atom is -0.463 e. The number of aliphatic hydroxyl groups excluding tert-OH is 1. The van der Waals surface area contributed by atoms with E-state index in [1.165, 1.54) is 12.1 Å². The fourth-order valence-corrected chi connectivity index (χ4v) is 6.14. The fraction of sp³-hybridized carbons (Fsp3) is 0.545. The zero-order valence-electron chi connectivity index (χ0n) is 18.3. The van der Waals surface area contributed by atoms with Gasteiger partial charge in [0.1, 0.15) is 15.7 Å². The molecule has 7 nitrogen and oxygen atoms in total. The number of aliphatic hydroxyl groups is 1. The number of aromatic nitrogens is 2. The first-order chi connectivity index (χ1) is 16.3. The van der Waals surface area contributed by atoms with Gasteiger partial charge in [0.05, 0.1) is 12.1 Å². The van der Waals surface area contributed by atoms with Crippen LogP contribution in [0.15, 0.2) is 34.1 Å². The zero-order valence-corrected chi connectivity index (χ0v) is 19.9. The summed E-state index contributed by atoms with van der Waals surface area (Å²) in [6.07, 6.45) is 4.26. The highest BCUT2D eigenvalue weighted by atomic mass is 32.2. The van der Waals surface area contributed by atoms with Gasteiger partial charge in [0, 0.05) is 18.0 Å². The Morgan fingerprint density at radius 3 is 2.50 bits per heavy atom. The van der Waals surface area contributed by atoms with Gasteiger partial charge in [0.2, 0.25) is 11.8 Å². The summed E-state index contributed by atoms with van der Waals surface area (Å²) in [4.78, 5) is 11.9. The van der Waals surface area contributed by atoms with Gasteiger partial charge in [0.15, 0.2) is 11.8 Å². The van der Waals surface area contributed by atoms with Gasteiger partial charge in [-0.2, -0.15) is 23.1 Å². The molecule has 2 N–H and O–H groups in total. The first-order valence-corrected chi connectivity index (χ1v) is 13.3. The first kappa shape index (κ1) is 23.7. The number of alkyl halides is 3. The Labute approximate surface area is 202 Å². The van der Waals surface area contributed by atoms with Gasteiger partial charge >= 0.3 is 5.51 Å². The molecule has 0 unspecified atom stereocenters. The van der Waals surface area contributed by atoms with Crippen molar-refractivity contribution in [3.8, 4) is 5.88 Å². The summed E-state index contributed by atoms with van der Waals surface area (Å²) in [6, 6.07) is 6.60. The fourth-order valence-electron chi connectivity index (χ4n) is 4.65. The maximum absolute atomic E-state index is 12.6. The second kappa shape index (κ2) is 9.19. The van der Waals surface area contributed by atoms with Crippen molar-refractivity contribution < 1.29 is 27.2 Å². The number of hydrogen-bond acceptors (Lipinski definition) is 8. The lowest BCUT2D eigenvalue weighted by Crippen LogP contribution is -2.48. The van der Waals surface area contributed by atoms with Crippen LogP contribution in [-0.4, -0.2) is 56.0 Å². The molecule has 1 aromatic carbocycles. The van der Waals surface area contributed by atoms with Crippen molar-refractivity contribution in [2.45, 2.75) is 58.9 Å². The minimum absolute atomic E-state index is 0.0275. The molecule has 5 rings (SSSR count). The molecule has 0 spiro atoms. The van der Waals surface area contributed by atoms with Crippen molar-refractivity contribution in [3.63, 3.8) is 0 Å². The number of ether oxygens (including phenoxy) is 1. The minimum atomic E-state index is -4.29. The van der Waals surface area contributed by atoms with E-state index in [4.69, 9.17) is 4.74 Å². The third-order valence-electron chi connectivity index (χ3n) is 6.71. The Hall–Kier alpha value is -2.05. The molecule has 1 saturated heterocycles.